The number of hydrogen-bond acceptors (Lipinski definition) is 3. The van der Waals surface area contributed by atoms with Crippen LogP contribution in [0.2, 0.25) is 0 Å². The minimum absolute atomic E-state index is 0.00428. The third-order valence-corrected chi connectivity index (χ3v) is 4.76. The van der Waals surface area contributed by atoms with Crippen LogP contribution in [0.1, 0.15) is 48.9 Å². The second kappa shape index (κ2) is 7.14. The van der Waals surface area contributed by atoms with Gasteiger partial charge in [-0.15, -0.1) is 0 Å². The van der Waals surface area contributed by atoms with Crippen LogP contribution < -0.4 is 4.74 Å². The number of carbonyl (C=O) groups excluding carboxylic acids is 1. The second-order valence-electron chi connectivity index (χ2n) is 6.53. The Bertz CT molecular complexity index is 494. The van der Waals surface area contributed by atoms with Crippen molar-refractivity contribution in [1.82, 2.24) is 4.90 Å². The number of carbonyl (C=O) groups is 1. The van der Waals surface area contributed by atoms with Gasteiger partial charge in [-0.1, -0.05) is 19.3 Å². The Balaban J connectivity index is 1.52. The first-order valence-corrected chi connectivity index (χ1v) is 8.42. The van der Waals surface area contributed by atoms with Gasteiger partial charge in [-0.2, -0.15) is 0 Å². The van der Waals surface area contributed by atoms with Crippen molar-refractivity contribution < 1.29 is 14.6 Å². The Hall–Kier alpha value is -1.55. The number of likely N-dealkylation sites (tertiary alicyclic amines) is 1. The van der Waals surface area contributed by atoms with Crippen LogP contribution in [0.5, 0.6) is 5.75 Å². The van der Waals surface area contributed by atoms with Gasteiger partial charge >= 0.3 is 0 Å². The Morgan fingerprint density at radius 1 is 1.14 bits per heavy atom. The first-order valence-electron chi connectivity index (χ1n) is 8.42. The van der Waals surface area contributed by atoms with E-state index >= 15 is 0 Å². The van der Waals surface area contributed by atoms with Crippen molar-refractivity contribution >= 4 is 5.91 Å². The molecule has 0 radical (unpaired) electrons. The van der Waals surface area contributed by atoms with Gasteiger partial charge in [0.25, 0.3) is 5.91 Å². The molecule has 0 bridgehead atoms. The maximum Gasteiger partial charge on any atom is 0.253 e. The predicted molar refractivity (Wildman–Crippen MR) is 85.0 cm³/mol. The summed E-state index contributed by atoms with van der Waals surface area (Å²) in [6.45, 7) is 1.87. The molecule has 3 rings (SSSR count). The molecule has 1 saturated heterocycles. The van der Waals surface area contributed by atoms with Crippen LogP contribution >= 0.6 is 0 Å². The highest BCUT2D eigenvalue weighted by Gasteiger charge is 2.25. The van der Waals surface area contributed by atoms with Crippen LogP contribution in [0.3, 0.4) is 0 Å². The normalized spacial score (nSPS) is 22.8. The molecule has 1 aromatic carbocycles. The van der Waals surface area contributed by atoms with E-state index in [0.717, 1.165) is 12.4 Å². The molecule has 0 spiro atoms. The summed E-state index contributed by atoms with van der Waals surface area (Å²) >= 11 is 0. The molecule has 1 saturated carbocycles. The van der Waals surface area contributed by atoms with E-state index in [2.05, 4.69) is 0 Å². The van der Waals surface area contributed by atoms with Crippen LogP contribution in [0.4, 0.5) is 0 Å². The Morgan fingerprint density at radius 3 is 2.50 bits per heavy atom. The van der Waals surface area contributed by atoms with Crippen molar-refractivity contribution in [2.45, 2.75) is 44.6 Å². The topological polar surface area (TPSA) is 49.8 Å². The largest absolute Gasteiger partial charge is 0.493 e. The number of ether oxygens (including phenoxy) is 1. The summed E-state index contributed by atoms with van der Waals surface area (Å²) < 4.78 is 5.86. The van der Waals surface area contributed by atoms with Gasteiger partial charge in [0, 0.05) is 18.7 Å². The molecule has 4 nitrogen and oxygen atoms in total. The molecule has 1 amide bonds. The van der Waals surface area contributed by atoms with Crippen LogP contribution in [-0.4, -0.2) is 41.7 Å². The molecule has 1 atom stereocenters. The van der Waals surface area contributed by atoms with Gasteiger partial charge in [-0.05, 0) is 49.4 Å². The molecular weight excluding hydrogens is 278 g/mol. The summed E-state index contributed by atoms with van der Waals surface area (Å²) in [5.41, 5.74) is 0.666. The minimum Gasteiger partial charge on any atom is -0.493 e. The van der Waals surface area contributed by atoms with Gasteiger partial charge in [0.15, 0.2) is 0 Å². The van der Waals surface area contributed by atoms with Crippen molar-refractivity contribution in [2.24, 2.45) is 5.92 Å². The van der Waals surface area contributed by atoms with Crippen LogP contribution in [0, 0.1) is 5.92 Å². The first kappa shape index (κ1) is 15.3. The van der Waals surface area contributed by atoms with Gasteiger partial charge in [0.2, 0.25) is 0 Å². The molecule has 1 heterocycles. The second-order valence-corrected chi connectivity index (χ2v) is 6.53. The van der Waals surface area contributed by atoms with E-state index in [9.17, 15) is 9.90 Å². The van der Waals surface area contributed by atoms with E-state index in [1.54, 1.807) is 4.90 Å². The van der Waals surface area contributed by atoms with E-state index in [1.807, 2.05) is 24.3 Å². The Kier molecular flexibility index (Phi) is 4.98. The number of benzene rings is 1. The summed E-state index contributed by atoms with van der Waals surface area (Å²) in [7, 11) is 0. The average Bonchev–Trinajstić information content (AvgIpc) is 3.00. The molecule has 1 aliphatic heterocycles. The zero-order valence-corrected chi connectivity index (χ0v) is 13.0. The first-order chi connectivity index (χ1) is 10.7. The number of aliphatic hydroxyl groups is 1. The molecule has 22 heavy (non-hydrogen) atoms. The SMILES string of the molecule is O=C(c1ccc(OCC2CCCCC2)cc1)N1CC[C@@H](O)C1. The Labute approximate surface area is 132 Å². The van der Waals surface area contributed by atoms with E-state index < -0.39 is 0 Å². The smallest absolute Gasteiger partial charge is 0.253 e. The summed E-state index contributed by atoms with van der Waals surface area (Å²) in [6, 6.07) is 7.40. The number of nitrogens with zero attached hydrogens (tertiary/aromatic N) is 1. The predicted octanol–water partition coefficient (Wildman–Crippen LogP) is 2.85. The third kappa shape index (κ3) is 3.80. The highest BCUT2D eigenvalue weighted by atomic mass is 16.5. The fraction of sp³-hybridized carbons (Fsp3) is 0.611. The number of β-amino-alcohol motifs (C(OH)–C–C–N with tert-alkyl or cyclic N) is 1. The Morgan fingerprint density at radius 2 is 1.86 bits per heavy atom. The van der Waals surface area contributed by atoms with Crippen LogP contribution in [0.25, 0.3) is 0 Å². The highest BCUT2D eigenvalue weighted by molar-refractivity contribution is 5.94. The van der Waals surface area contributed by atoms with Crippen molar-refractivity contribution in [3.8, 4) is 5.75 Å². The van der Waals surface area contributed by atoms with Gasteiger partial charge in [-0.25, -0.2) is 0 Å². The number of aliphatic hydroxyl groups excluding tert-OH is 1. The lowest BCUT2D eigenvalue weighted by atomic mass is 9.90. The minimum atomic E-state index is -0.373. The van der Waals surface area contributed by atoms with E-state index in [4.69, 9.17) is 4.74 Å². The molecule has 120 valence electrons. The van der Waals surface area contributed by atoms with Crippen LogP contribution in [0.15, 0.2) is 24.3 Å². The molecule has 1 N–H and O–H groups in total. The molecule has 2 aliphatic rings. The average molecular weight is 303 g/mol. The maximum atomic E-state index is 12.3. The lowest BCUT2D eigenvalue weighted by Crippen LogP contribution is -2.29. The fourth-order valence-electron chi connectivity index (χ4n) is 3.37. The molecular formula is C18H25NO3. The fourth-order valence-corrected chi connectivity index (χ4v) is 3.37. The molecule has 2 fully saturated rings. The zero-order valence-electron chi connectivity index (χ0n) is 13.0. The van der Waals surface area contributed by atoms with E-state index in [1.165, 1.54) is 32.1 Å². The molecule has 0 unspecified atom stereocenters. The summed E-state index contributed by atoms with van der Waals surface area (Å²) in [5, 5.41) is 9.52. The molecule has 1 aromatic rings. The van der Waals surface area contributed by atoms with E-state index in [-0.39, 0.29) is 12.0 Å². The summed E-state index contributed by atoms with van der Waals surface area (Å²) in [5.74, 6) is 1.51. The van der Waals surface area contributed by atoms with Gasteiger partial charge in [0.1, 0.15) is 5.75 Å². The van der Waals surface area contributed by atoms with Gasteiger partial charge in [0.05, 0.1) is 12.7 Å². The summed E-state index contributed by atoms with van der Waals surface area (Å²) in [4.78, 5) is 14.0. The van der Waals surface area contributed by atoms with Crippen molar-refractivity contribution in [2.75, 3.05) is 19.7 Å². The van der Waals surface area contributed by atoms with Crippen molar-refractivity contribution in [3.63, 3.8) is 0 Å². The number of amides is 1. The molecule has 0 aromatic heterocycles. The standard InChI is InChI=1S/C18H25NO3/c20-16-10-11-19(12-16)18(21)15-6-8-17(9-7-15)22-13-14-4-2-1-3-5-14/h6-9,14,16,20H,1-5,10-13H2/t16-/m1/s1. The molecule has 1 aliphatic carbocycles. The van der Waals surface area contributed by atoms with Crippen molar-refractivity contribution in [1.29, 1.82) is 0 Å². The third-order valence-electron chi connectivity index (χ3n) is 4.76. The zero-order chi connectivity index (χ0) is 15.4. The number of rotatable bonds is 4. The van der Waals surface area contributed by atoms with Crippen LogP contribution in [-0.2, 0) is 0 Å². The quantitative estimate of drug-likeness (QED) is 0.930. The highest BCUT2D eigenvalue weighted by Crippen LogP contribution is 2.25. The van der Waals surface area contributed by atoms with Gasteiger partial charge in [-0.3, -0.25) is 4.79 Å². The lowest BCUT2D eigenvalue weighted by molar-refractivity contribution is 0.0765. The number of hydrogen-bond donors (Lipinski definition) is 1. The lowest BCUT2D eigenvalue weighted by Gasteiger charge is -2.21. The maximum absolute atomic E-state index is 12.3. The van der Waals surface area contributed by atoms with Crippen molar-refractivity contribution in [3.05, 3.63) is 29.8 Å². The molecule has 4 heteroatoms. The monoisotopic (exact) mass is 303 g/mol. The van der Waals surface area contributed by atoms with Gasteiger partial charge < -0.3 is 14.7 Å². The summed E-state index contributed by atoms with van der Waals surface area (Å²) in [6.07, 6.45) is 6.85. The van der Waals surface area contributed by atoms with E-state index in [0.29, 0.717) is 31.0 Å².